The molecule has 0 amide bonds. The van der Waals surface area contributed by atoms with E-state index in [0.29, 0.717) is 0 Å². The number of aliphatic hydroxyl groups is 1. The van der Waals surface area contributed by atoms with Crippen molar-refractivity contribution < 1.29 is 26.2 Å². The second-order valence-corrected chi connectivity index (χ2v) is 4.75. The fourth-order valence-corrected chi connectivity index (χ4v) is 2.30. The maximum absolute atomic E-state index is 9.25. The molecule has 5 heteroatoms. The average Bonchev–Trinajstić information content (AvgIpc) is 2.15. The van der Waals surface area contributed by atoms with Gasteiger partial charge in [-0.3, -0.25) is 4.31 Å². The first-order valence-electron chi connectivity index (χ1n) is 5.35. The van der Waals surface area contributed by atoms with E-state index < -0.39 is 0 Å². The van der Waals surface area contributed by atoms with Crippen molar-refractivity contribution in [1.82, 2.24) is 4.31 Å². The van der Waals surface area contributed by atoms with Crippen molar-refractivity contribution in [2.75, 3.05) is 12.3 Å². The van der Waals surface area contributed by atoms with Crippen LogP contribution in [0.15, 0.2) is 0 Å². The van der Waals surface area contributed by atoms with Crippen LogP contribution in [0.2, 0.25) is 0 Å². The Morgan fingerprint density at radius 1 is 1.20 bits per heavy atom. The smallest absolute Gasteiger partial charge is 0.267 e. The summed E-state index contributed by atoms with van der Waals surface area (Å²) in [6.07, 6.45) is 5.88. The normalized spacial score (nSPS) is 9.47. The maximum Gasteiger partial charge on any atom is 0.267 e. The molecule has 0 unspecified atom stereocenters. The molecule has 1 N–H and O–H groups in total. The van der Waals surface area contributed by atoms with Gasteiger partial charge in [0, 0.05) is 33.4 Å². The number of rotatable bonds is 8. The van der Waals surface area contributed by atoms with Gasteiger partial charge in [0.25, 0.3) is 5.17 Å². The predicted molar refractivity (Wildman–Crippen MR) is 68.8 cm³/mol. The van der Waals surface area contributed by atoms with Crippen LogP contribution in [0.3, 0.4) is 0 Å². The van der Waals surface area contributed by atoms with Crippen LogP contribution in [-0.2, 0) is 21.1 Å². The SMILES string of the molecule is CCCCCN(SCCCC)C(O)=S.[Mo]. The molecule has 2 nitrogen and oxygen atoms in total. The van der Waals surface area contributed by atoms with E-state index in [9.17, 15) is 5.11 Å². The molecule has 90 valence electrons. The van der Waals surface area contributed by atoms with Gasteiger partial charge in [0.15, 0.2) is 0 Å². The molecule has 0 aromatic rings. The van der Waals surface area contributed by atoms with Crippen molar-refractivity contribution in [2.24, 2.45) is 0 Å². The summed E-state index contributed by atoms with van der Waals surface area (Å²) in [4.78, 5) is 0. The monoisotopic (exact) mass is 333 g/mol. The Labute approximate surface area is 118 Å². The summed E-state index contributed by atoms with van der Waals surface area (Å²) < 4.78 is 1.83. The predicted octanol–water partition coefficient (Wildman–Crippen LogP) is 3.77. The molecule has 0 rings (SSSR count). The summed E-state index contributed by atoms with van der Waals surface area (Å²) in [5, 5.41) is 9.28. The van der Waals surface area contributed by atoms with Crippen LogP contribution in [0, 0.1) is 0 Å². The van der Waals surface area contributed by atoms with E-state index in [1.807, 2.05) is 4.31 Å². The maximum atomic E-state index is 9.25. The van der Waals surface area contributed by atoms with Gasteiger partial charge < -0.3 is 5.11 Å². The minimum atomic E-state index is 0. The molecular weight excluding hydrogens is 310 g/mol. The van der Waals surface area contributed by atoms with Crippen LogP contribution in [0.5, 0.6) is 0 Å². The zero-order valence-corrected chi connectivity index (χ0v) is 13.2. The van der Waals surface area contributed by atoms with Gasteiger partial charge in [-0.05, 0) is 37.0 Å². The Kier molecular flexibility index (Phi) is 15.4. The molecule has 15 heavy (non-hydrogen) atoms. The van der Waals surface area contributed by atoms with E-state index in [1.54, 1.807) is 11.9 Å². The second kappa shape index (κ2) is 12.8. The van der Waals surface area contributed by atoms with E-state index in [4.69, 9.17) is 12.2 Å². The number of nitrogens with zero attached hydrogens (tertiary/aromatic N) is 1. The third kappa shape index (κ3) is 11.0. The van der Waals surface area contributed by atoms with Gasteiger partial charge in [0.1, 0.15) is 0 Å². The number of hydrogen-bond acceptors (Lipinski definition) is 2. The zero-order chi connectivity index (χ0) is 10.8. The Balaban J connectivity index is 0. The summed E-state index contributed by atoms with van der Waals surface area (Å²) in [6.45, 7) is 5.21. The van der Waals surface area contributed by atoms with E-state index >= 15 is 0 Å². The number of unbranched alkanes of at least 4 members (excludes halogenated alkanes) is 3. The first-order chi connectivity index (χ1) is 6.72. The molecule has 0 bridgehead atoms. The van der Waals surface area contributed by atoms with Crippen LogP contribution in [0.25, 0.3) is 0 Å². The minimum absolute atomic E-state index is 0. The van der Waals surface area contributed by atoms with Gasteiger partial charge in [-0.15, -0.1) is 0 Å². The van der Waals surface area contributed by atoms with Crippen LogP contribution in [-0.4, -0.2) is 26.9 Å². The second-order valence-electron chi connectivity index (χ2n) is 3.28. The van der Waals surface area contributed by atoms with Gasteiger partial charge >= 0.3 is 0 Å². The third-order valence-electron chi connectivity index (χ3n) is 1.92. The first-order valence-corrected chi connectivity index (χ1v) is 6.70. The first kappa shape index (κ1) is 18.1. The summed E-state index contributed by atoms with van der Waals surface area (Å²) in [5.41, 5.74) is 0. The Morgan fingerprint density at radius 2 is 1.80 bits per heavy atom. The molecule has 0 aromatic carbocycles. The third-order valence-corrected chi connectivity index (χ3v) is 3.40. The van der Waals surface area contributed by atoms with Gasteiger partial charge in [-0.25, -0.2) is 0 Å². The molecule has 0 aliphatic heterocycles. The van der Waals surface area contributed by atoms with Crippen LogP contribution in [0.4, 0.5) is 0 Å². The van der Waals surface area contributed by atoms with Crippen molar-refractivity contribution in [2.45, 2.75) is 46.0 Å². The van der Waals surface area contributed by atoms with Crippen molar-refractivity contribution in [1.29, 1.82) is 0 Å². The standard InChI is InChI=1S/C10H21NOS2.Mo/c1-3-5-7-8-11(10(12)13)14-9-6-4-2;/h3-9H2,1-2H3,(H,12,13);. The Morgan fingerprint density at radius 3 is 2.27 bits per heavy atom. The van der Waals surface area contributed by atoms with Crippen molar-refractivity contribution in [3.63, 3.8) is 0 Å². The van der Waals surface area contributed by atoms with E-state index in [0.717, 1.165) is 18.7 Å². The summed E-state index contributed by atoms with van der Waals surface area (Å²) in [6, 6.07) is 0. The summed E-state index contributed by atoms with van der Waals surface area (Å²) in [5.74, 6) is 1.04. The van der Waals surface area contributed by atoms with Gasteiger partial charge in [-0.1, -0.05) is 33.1 Å². The average molecular weight is 331 g/mol. The topological polar surface area (TPSA) is 23.5 Å². The van der Waals surface area contributed by atoms with Crippen LogP contribution < -0.4 is 0 Å². The molecule has 0 saturated carbocycles. The molecule has 0 heterocycles. The minimum Gasteiger partial charge on any atom is -0.486 e. The fraction of sp³-hybridized carbons (Fsp3) is 0.900. The molecule has 0 radical (unpaired) electrons. The molecule has 0 atom stereocenters. The molecule has 0 saturated heterocycles. The van der Waals surface area contributed by atoms with E-state index in [2.05, 4.69) is 13.8 Å². The number of thiocarbonyl (C=S) groups is 1. The van der Waals surface area contributed by atoms with Crippen molar-refractivity contribution >= 4 is 29.3 Å². The molecule has 0 aliphatic rings. The molecule has 0 spiro atoms. The quantitative estimate of drug-likeness (QED) is 0.317. The summed E-state index contributed by atoms with van der Waals surface area (Å²) >= 11 is 6.42. The van der Waals surface area contributed by atoms with Crippen molar-refractivity contribution in [3.8, 4) is 0 Å². The van der Waals surface area contributed by atoms with Gasteiger partial charge in [-0.2, -0.15) is 0 Å². The van der Waals surface area contributed by atoms with Crippen molar-refractivity contribution in [3.05, 3.63) is 0 Å². The van der Waals surface area contributed by atoms with Crippen LogP contribution >= 0.6 is 24.2 Å². The van der Waals surface area contributed by atoms with Gasteiger partial charge in [0.05, 0.1) is 0 Å². The Bertz CT molecular complexity index is 148. The fourth-order valence-electron chi connectivity index (χ4n) is 1.04. The molecule has 0 aliphatic carbocycles. The molecule has 0 fully saturated rings. The van der Waals surface area contributed by atoms with Gasteiger partial charge in [0.2, 0.25) is 0 Å². The summed E-state index contributed by atoms with van der Waals surface area (Å²) in [7, 11) is 0. The zero-order valence-electron chi connectivity index (χ0n) is 9.57. The van der Waals surface area contributed by atoms with E-state index in [-0.39, 0.29) is 26.2 Å². The number of hydrogen-bond donors (Lipinski definition) is 1. The van der Waals surface area contributed by atoms with E-state index in [1.165, 1.54) is 25.7 Å². The largest absolute Gasteiger partial charge is 0.486 e. The van der Waals surface area contributed by atoms with Crippen LogP contribution in [0.1, 0.15) is 46.0 Å². The molecule has 0 aromatic heterocycles. The Hall–Kier alpha value is 0.728. The number of aliphatic hydroxyl groups excluding tert-OH is 1. The molecular formula is C10H21MoNOS2.